The highest BCUT2D eigenvalue weighted by atomic mass is 16.2. The van der Waals surface area contributed by atoms with Crippen molar-refractivity contribution in [2.75, 3.05) is 0 Å². The van der Waals surface area contributed by atoms with Crippen LogP contribution in [0.5, 0.6) is 0 Å². The van der Waals surface area contributed by atoms with Gasteiger partial charge in [-0.25, -0.2) is 0 Å². The summed E-state index contributed by atoms with van der Waals surface area (Å²) < 4.78 is 0. The smallest absolute Gasteiger partial charge is 0.147 e. The average Bonchev–Trinajstić information content (AvgIpc) is 2.27. The summed E-state index contributed by atoms with van der Waals surface area (Å²) in [6, 6.07) is 0. The first-order chi connectivity index (χ1) is 8.92. The van der Waals surface area contributed by atoms with Gasteiger partial charge in [-0.05, 0) is 5.41 Å². The Balaban J connectivity index is 2.27. The van der Waals surface area contributed by atoms with Gasteiger partial charge in [0.2, 0.25) is 0 Å². The van der Waals surface area contributed by atoms with Crippen LogP contribution in [0.3, 0.4) is 0 Å². The number of carbonyl (C=O) groups excluding carboxylic acids is 4. The Morgan fingerprint density at radius 1 is 0.737 bits per heavy atom. The van der Waals surface area contributed by atoms with Crippen molar-refractivity contribution in [2.24, 2.45) is 17.3 Å². The molecule has 0 unspecified atom stereocenters. The van der Waals surface area contributed by atoms with Crippen LogP contribution in [0.4, 0.5) is 0 Å². The van der Waals surface area contributed by atoms with Crippen molar-refractivity contribution in [1.82, 2.24) is 0 Å². The second kappa shape index (κ2) is 4.68. The minimum atomic E-state index is -0.790. The molecule has 2 saturated carbocycles. The van der Waals surface area contributed by atoms with Crippen LogP contribution in [0.1, 0.15) is 25.7 Å². The molecule has 0 aliphatic heterocycles. The molecule has 4 heteroatoms. The molecule has 0 amide bonds. The van der Waals surface area contributed by atoms with Gasteiger partial charge in [0.05, 0.1) is 11.8 Å². The molecular formula is C15H16O4. The van der Waals surface area contributed by atoms with E-state index in [1.54, 1.807) is 0 Å². The summed E-state index contributed by atoms with van der Waals surface area (Å²) in [6.07, 6.45) is 3.12. The molecule has 0 aromatic rings. The van der Waals surface area contributed by atoms with E-state index in [0.717, 1.165) is 0 Å². The highest BCUT2D eigenvalue weighted by Crippen LogP contribution is 2.45. The van der Waals surface area contributed by atoms with Crippen molar-refractivity contribution >= 4 is 23.1 Å². The maximum atomic E-state index is 11.9. The van der Waals surface area contributed by atoms with Crippen LogP contribution in [-0.4, -0.2) is 23.1 Å². The summed E-state index contributed by atoms with van der Waals surface area (Å²) in [7, 11) is 0. The van der Waals surface area contributed by atoms with Crippen LogP contribution in [0.2, 0.25) is 0 Å². The summed E-state index contributed by atoms with van der Waals surface area (Å²) in [5, 5.41) is 0. The third-order valence-electron chi connectivity index (χ3n) is 4.06. The molecule has 0 saturated heterocycles. The lowest BCUT2D eigenvalue weighted by Crippen LogP contribution is -2.47. The van der Waals surface area contributed by atoms with Gasteiger partial charge in [-0.2, -0.15) is 0 Å². The van der Waals surface area contributed by atoms with Crippen molar-refractivity contribution in [1.29, 1.82) is 0 Å². The summed E-state index contributed by atoms with van der Waals surface area (Å²) in [5.41, 5.74) is -0.790. The van der Waals surface area contributed by atoms with Crippen LogP contribution >= 0.6 is 0 Å². The standard InChI is InChI=1S/C15H16O4/c1-3-9-11(16)5-15(6-12(9)17)7-13(18)10(4-2)14(19)8-15/h3-4,9-10H,1-2,5-8H2. The topological polar surface area (TPSA) is 68.3 Å². The fourth-order valence-corrected chi connectivity index (χ4v) is 3.18. The van der Waals surface area contributed by atoms with Gasteiger partial charge < -0.3 is 0 Å². The molecule has 0 radical (unpaired) electrons. The lowest BCUT2D eigenvalue weighted by Gasteiger charge is -2.40. The first-order valence-electron chi connectivity index (χ1n) is 6.28. The van der Waals surface area contributed by atoms with E-state index in [1.807, 2.05) is 0 Å². The van der Waals surface area contributed by atoms with Gasteiger partial charge in [-0.1, -0.05) is 12.2 Å². The minimum Gasteiger partial charge on any atom is -0.299 e. The molecule has 100 valence electrons. The molecular weight excluding hydrogens is 244 g/mol. The largest absolute Gasteiger partial charge is 0.299 e. The third-order valence-corrected chi connectivity index (χ3v) is 4.06. The second-order valence-corrected chi connectivity index (χ2v) is 5.50. The van der Waals surface area contributed by atoms with Gasteiger partial charge in [0.15, 0.2) is 0 Å². The Morgan fingerprint density at radius 2 is 1.00 bits per heavy atom. The normalized spacial score (nSPS) is 35.6. The number of hydrogen-bond acceptors (Lipinski definition) is 4. The zero-order valence-electron chi connectivity index (χ0n) is 10.7. The molecule has 1 spiro atoms. The van der Waals surface area contributed by atoms with Crippen LogP contribution in [0.15, 0.2) is 25.3 Å². The van der Waals surface area contributed by atoms with Crippen LogP contribution in [0, 0.1) is 17.3 Å². The summed E-state index contributed by atoms with van der Waals surface area (Å²) in [6.45, 7) is 6.97. The fraction of sp³-hybridized carbons (Fsp3) is 0.467. The molecule has 2 aliphatic rings. The quantitative estimate of drug-likeness (QED) is 0.556. The SMILES string of the molecule is C=CC1C(=O)CC2(CC1=O)CC(=O)C(C=C)C(=O)C2. The first kappa shape index (κ1) is 13.6. The number of ketones is 4. The molecule has 2 rings (SSSR count). The van der Waals surface area contributed by atoms with Crippen molar-refractivity contribution in [3.63, 3.8) is 0 Å². The van der Waals surface area contributed by atoms with Gasteiger partial charge in [0.1, 0.15) is 23.1 Å². The van der Waals surface area contributed by atoms with Gasteiger partial charge in [0.25, 0.3) is 0 Å². The van der Waals surface area contributed by atoms with Crippen molar-refractivity contribution in [3.8, 4) is 0 Å². The van der Waals surface area contributed by atoms with Crippen molar-refractivity contribution < 1.29 is 19.2 Å². The number of Topliss-reactive ketones (excluding diaryl/α,β-unsaturated/α-hetero) is 4. The van der Waals surface area contributed by atoms with E-state index in [9.17, 15) is 19.2 Å². The van der Waals surface area contributed by atoms with E-state index >= 15 is 0 Å². The number of hydrogen-bond donors (Lipinski definition) is 0. The summed E-state index contributed by atoms with van der Waals surface area (Å²) >= 11 is 0. The highest BCUT2D eigenvalue weighted by Gasteiger charge is 2.50. The van der Waals surface area contributed by atoms with Crippen molar-refractivity contribution in [3.05, 3.63) is 25.3 Å². The zero-order chi connectivity index (χ0) is 14.2. The van der Waals surface area contributed by atoms with Gasteiger partial charge >= 0.3 is 0 Å². The van der Waals surface area contributed by atoms with Gasteiger partial charge in [-0.15, -0.1) is 13.2 Å². The zero-order valence-corrected chi connectivity index (χ0v) is 10.7. The maximum absolute atomic E-state index is 11.9. The first-order valence-corrected chi connectivity index (χ1v) is 6.28. The predicted octanol–water partition coefficient (Wildman–Crippen LogP) is 1.44. The molecule has 0 aromatic heterocycles. The van der Waals surface area contributed by atoms with Crippen LogP contribution in [-0.2, 0) is 19.2 Å². The Hall–Kier alpha value is -1.84. The molecule has 4 nitrogen and oxygen atoms in total. The average molecular weight is 260 g/mol. The Morgan fingerprint density at radius 3 is 1.21 bits per heavy atom. The van der Waals surface area contributed by atoms with Gasteiger partial charge in [-0.3, -0.25) is 19.2 Å². The maximum Gasteiger partial charge on any atom is 0.147 e. The van der Waals surface area contributed by atoms with Crippen LogP contribution in [0.25, 0.3) is 0 Å². The molecule has 0 atom stereocenters. The Kier molecular flexibility index (Phi) is 3.35. The van der Waals surface area contributed by atoms with E-state index in [-0.39, 0.29) is 48.8 Å². The van der Waals surface area contributed by atoms with E-state index in [2.05, 4.69) is 13.2 Å². The molecule has 0 bridgehead atoms. The van der Waals surface area contributed by atoms with Gasteiger partial charge in [0, 0.05) is 25.7 Å². The number of carbonyl (C=O) groups is 4. The molecule has 2 aliphatic carbocycles. The molecule has 2 fully saturated rings. The molecule has 0 aromatic carbocycles. The third kappa shape index (κ3) is 2.23. The predicted molar refractivity (Wildman–Crippen MR) is 68.3 cm³/mol. The Bertz CT molecular complexity index is 415. The lowest BCUT2D eigenvalue weighted by atomic mass is 9.60. The van der Waals surface area contributed by atoms with E-state index in [0.29, 0.717) is 0 Å². The highest BCUT2D eigenvalue weighted by molar-refractivity contribution is 6.11. The lowest BCUT2D eigenvalue weighted by molar-refractivity contribution is -0.145. The number of rotatable bonds is 2. The summed E-state index contributed by atoms with van der Waals surface area (Å²) in [4.78, 5) is 47.8. The van der Waals surface area contributed by atoms with E-state index < -0.39 is 17.3 Å². The van der Waals surface area contributed by atoms with E-state index in [1.165, 1.54) is 12.2 Å². The molecule has 0 N–H and O–H groups in total. The molecule has 0 heterocycles. The number of allylic oxidation sites excluding steroid dienone is 2. The summed E-state index contributed by atoms with van der Waals surface area (Å²) in [5.74, 6) is -2.47. The Labute approximate surface area is 111 Å². The van der Waals surface area contributed by atoms with E-state index in [4.69, 9.17) is 0 Å². The second-order valence-electron chi connectivity index (χ2n) is 5.50. The molecule has 19 heavy (non-hydrogen) atoms. The minimum absolute atomic E-state index is 0.108. The fourth-order valence-electron chi connectivity index (χ4n) is 3.18. The van der Waals surface area contributed by atoms with Crippen LogP contribution < -0.4 is 0 Å². The van der Waals surface area contributed by atoms with Crippen molar-refractivity contribution in [2.45, 2.75) is 25.7 Å². The monoisotopic (exact) mass is 260 g/mol.